The van der Waals surface area contributed by atoms with Crippen LogP contribution in [0.1, 0.15) is 13.3 Å². The highest BCUT2D eigenvalue weighted by Crippen LogP contribution is 2.39. The van der Waals surface area contributed by atoms with Crippen molar-refractivity contribution in [2.75, 3.05) is 13.6 Å². The average Bonchev–Trinajstić information content (AvgIpc) is 0.672. The number of rotatable bonds is 7. The molecule has 0 spiro atoms. The van der Waals surface area contributed by atoms with Crippen LogP contribution in [0.5, 0.6) is 0 Å². The summed E-state index contributed by atoms with van der Waals surface area (Å²) in [5.74, 6) is -71.9. The van der Waals surface area contributed by atoms with E-state index in [0.717, 1.165) is 0 Å². The maximum Gasteiger partial charge on any atom is 0.286 e. The third-order valence-electron chi connectivity index (χ3n) is 13.7. The van der Waals surface area contributed by atoms with Crippen LogP contribution in [0.4, 0.5) is 123 Å². The molecule has 0 atom stereocenters. The van der Waals surface area contributed by atoms with Crippen molar-refractivity contribution in [2.24, 2.45) is 0 Å². The van der Waals surface area contributed by atoms with Crippen LogP contribution in [-0.4, -0.2) is 26.7 Å². The quantitative estimate of drug-likeness (QED) is 0.0709. The molecular formula is C56H22AlF28N. The second kappa shape index (κ2) is 23.6. The number of quaternary nitrogens is 1. The first-order valence-corrected chi connectivity index (χ1v) is 26.0. The molecule has 2 N–H and O–H groups in total. The van der Waals surface area contributed by atoms with Crippen LogP contribution >= 0.6 is 0 Å². The summed E-state index contributed by atoms with van der Waals surface area (Å²) < 4.78 is 413. The molecule has 0 aromatic heterocycles. The summed E-state index contributed by atoms with van der Waals surface area (Å²) in [6, 6.07) is 0.347. The maximum absolute atomic E-state index is 17.3. The second-order valence-corrected chi connectivity index (χ2v) is 22.3. The molecule has 0 bridgehead atoms. The molecule has 10 rings (SSSR count). The van der Waals surface area contributed by atoms with Gasteiger partial charge >= 0.3 is 0 Å². The molecule has 0 fully saturated rings. The van der Waals surface area contributed by atoms with E-state index >= 15 is 70.2 Å². The third kappa shape index (κ3) is 9.54. The zero-order chi connectivity index (χ0) is 63.9. The maximum atomic E-state index is 17.3. The Bertz CT molecular complexity index is 4060. The molecule has 0 aliphatic heterocycles. The van der Waals surface area contributed by atoms with E-state index in [4.69, 9.17) is 0 Å². The lowest BCUT2D eigenvalue weighted by atomic mass is 10.0. The molecule has 450 valence electrons. The van der Waals surface area contributed by atoms with Gasteiger partial charge in [-0.1, -0.05) is 52.7 Å². The predicted octanol–water partition coefficient (Wildman–Crippen LogP) is 14.5. The van der Waals surface area contributed by atoms with Crippen molar-refractivity contribution in [3.8, 4) is 11.1 Å². The molecule has 86 heavy (non-hydrogen) atoms. The number of nitrogens with two attached hydrogens (primary N) is 1. The molecule has 0 amide bonds. The summed E-state index contributed by atoms with van der Waals surface area (Å²) in [7, 11) is 2.09. The Labute approximate surface area is 462 Å². The van der Waals surface area contributed by atoms with Gasteiger partial charge in [0.1, 0.15) is 23.3 Å². The number of benzene rings is 10. The van der Waals surface area contributed by atoms with E-state index in [0.29, 0.717) is 12.1 Å². The lowest BCUT2D eigenvalue weighted by Gasteiger charge is -2.44. The van der Waals surface area contributed by atoms with Gasteiger partial charge in [-0.2, -0.15) is 17.7 Å². The van der Waals surface area contributed by atoms with Crippen molar-refractivity contribution >= 4 is 73.9 Å². The summed E-state index contributed by atoms with van der Waals surface area (Å²) in [6.07, 6.45) is 1.29. The van der Waals surface area contributed by atoms with Crippen LogP contribution in [0.3, 0.4) is 0 Å². The standard InChI is InChI=1S/C12H2F8.4C10H2F5.C4H11N.Al/c13-4-2-1-3(6(14)7(4)15)5-8(16)10(18)12(20)11(19)9(5)17;4*11-5-2-1-4-3-6(12)9(14)10(15)7(4)8(5)13;1-3-4-5-2;/h1-2H;4*1-2H;5H,3-4H2,1-2H3;/q;;;;;;-1/p+1. The van der Waals surface area contributed by atoms with Gasteiger partial charge in [0.05, 0.1) is 40.7 Å². The fraction of sp³-hybridized carbons (Fsp3) is 0.0714. The minimum atomic E-state index is -8.35. The highest BCUT2D eigenvalue weighted by molar-refractivity contribution is 7.23. The van der Waals surface area contributed by atoms with Crippen LogP contribution in [0.2, 0.25) is 0 Å². The van der Waals surface area contributed by atoms with E-state index in [1.54, 1.807) is 0 Å². The van der Waals surface area contributed by atoms with Gasteiger partial charge in [0.2, 0.25) is 5.82 Å². The van der Waals surface area contributed by atoms with Crippen LogP contribution in [0.25, 0.3) is 54.2 Å². The Morgan fingerprint density at radius 3 is 0.733 bits per heavy atom. The molecule has 0 heterocycles. The fourth-order valence-corrected chi connectivity index (χ4v) is 16.7. The molecule has 10 aromatic carbocycles. The summed E-state index contributed by atoms with van der Waals surface area (Å²) in [5, 5.41) is -13.7. The molecule has 0 radical (unpaired) electrons. The van der Waals surface area contributed by atoms with Crippen molar-refractivity contribution in [2.45, 2.75) is 13.3 Å². The second-order valence-electron chi connectivity index (χ2n) is 18.3. The van der Waals surface area contributed by atoms with Crippen molar-refractivity contribution in [3.05, 3.63) is 224 Å². The van der Waals surface area contributed by atoms with Gasteiger partial charge in [0.25, 0.3) is 13.1 Å². The molecule has 30 heteroatoms. The predicted molar refractivity (Wildman–Crippen MR) is 254 cm³/mol. The molecule has 0 saturated heterocycles. The largest absolute Gasteiger partial charge is 0.349 e. The monoisotopic (exact) mass is 1270 g/mol. The Morgan fingerprint density at radius 1 is 0.256 bits per heavy atom. The van der Waals surface area contributed by atoms with E-state index < -0.39 is 248 Å². The van der Waals surface area contributed by atoms with Crippen molar-refractivity contribution in [1.82, 2.24) is 0 Å². The van der Waals surface area contributed by atoms with Crippen LogP contribution < -0.4 is 23.0 Å². The normalized spacial score (nSPS) is 11.7. The van der Waals surface area contributed by atoms with E-state index in [1.165, 1.54) is 13.0 Å². The van der Waals surface area contributed by atoms with Crippen molar-refractivity contribution < 1.29 is 128 Å². The first-order chi connectivity index (χ1) is 40.3. The van der Waals surface area contributed by atoms with E-state index in [2.05, 4.69) is 19.3 Å². The molecule has 0 aliphatic rings. The number of hydrogen-bond acceptors (Lipinski definition) is 0. The van der Waals surface area contributed by atoms with Crippen molar-refractivity contribution in [3.63, 3.8) is 0 Å². The lowest BCUT2D eigenvalue weighted by Crippen LogP contribution is -2.79. The number of hydrogen-bond donors (Lipinski definition) is 1. The highest BCUT2D eigenvalue weighted by Gasteiger charge is 2.52. The summed E-state index contributed by atoms with van der Waals surface area (Å²) in [5.41, 5.74) is -2.95. The first kappa shape index (κ1) is 63.8. The van der Waals surface area contributed by atoms with Gasteiger partial charge in [-0.3, -0.25) is 0 Å². The highest BCUT2D eigenvalue weighted by atomic mass is 27.2. The van der Waals surface area contributed by atoms with Crippen LogP contribution in [0, 0.1) is 163 Å². The molecule has 0 aliphatic carbocycles. The van der Waals surface area contributed by atoms with Gasteiger partial charge < -0.3 is 5.32 Å². The number of fused-ring (bicyclic) bond motifs is 4. The summed E-state index contributed by atoms with van der Waals surface area (Å²) in [6.45, 7) is 3.44. The zero-order valence-corrected chi connectivity index (χ0v) is 43.1. The van der Waals surface area contributed by atoms with Gasteiger partial charge in [0.15, 0.2) is 134 Å². The summed E-state index contributed by atoms with van der Waals surface area (Å²) in [4.78, 5) is 0. The number of halogens is 28. The Hall–Kier alpha value is -8.23. The van der Waals surface area contributed by atoms with Gasteiger partial charge in [-0.05, 0) is 42.8 Å². The topological polar surface area (TPSA) is 16.6 Å². The van der Waals surface area contributed by atoms with Gasteiger partial charge in [-0.15, -0.1) is 0 Å². The Kier molecular flexibility index (Phi) is 17.5. The Morgan fingerprint density at radius 2 is 0.488 bits per heavy atom. The minimum Gasteiger partial charge on any atom is -0.349 e. The van der Waals surface area contributed by atoms with Crippen LogP contribution in [0.15, 0.2) is 60.7 Å². The first-order valence-electron chi connectivity index (χ1n) is 23.7. The van der Waals surface area contributed by atoms with E-state index in [9.17, 15) is 52.7 Å². The smallest absolute Gasteiger partial charge is 0.286 e. The SMILES string of the molecule is CCC[NH2+]C.Fc1ccc(-c2c(F)c(F)c(F)c(F)c2F)c(F)c1F.Fc1ccc2[c]([Al-]([c]3c(F)c(F)c(F)c4c(F)c(F)ccc34)([c]3c(F)c(F)c(F)c4c(F)c(F)ccc34)[c]3c(F)c(F)c(F)c4c(F)c(F)ccc34)c(F)c(F)c(F)c2c1F. The molecule has 0 saturated carbocycles. The molecule has 1 nitrogen and oxygen atoms in total. The average molecular weight is 1270 g/mol. The van der Waals surface area contributed by atoms with E-state index in [1.807, 2.05) is 0 Å². The van der Waals surface area contributed by atoms with Crippen molar-refractivity contribution in [1.29, 1.82) is 0 Å². The third-order valence-corrected chi connectivity index (χ3v) is 19.5. The van der Waals surface area contributed by atoms with Crippen LogP contribution in [-0.2, 0) is 0 Å². The zero-order valence-electron chi connectivity index (χ0n) is 41.9. The molecule has 0 unspecified atom stereocenters. The fourth-order valence-electron chi connectivity index (χ4n) is 10.1. The minimum absolute atomic E-state index is 0.00408. The molecular weight excluding hydrogens is 1250 g/mol. The molecule has 10 aromatic rings. The Balaban J connectivity index is 0.000000319. The summed E-state index contributed by atoms with van der Waals surface area (Å²) >= 11 is -8.35. The van der Waals surface area contributed by atoms with Gasteiger partial charge in [0, 0.05) is 5.56 Å². The lowest BCUT2D eigenvalue weighted by molar-refractivity contribution is -0.626. The van der Waals surface area contributed by atoms with Gasteiger partial charge in [-0.25, -0.2) is 123 Å². The van der Waals surface area contributed by atoms with E-state index in [-0.39, 0.29) is 48.5 Å².